The van der Waals surface area contributed by atoms with Crippen LogP contribution in [0.4, 0.5) is 0 Å². The highest BCUT2D eigenvalue weighted by molar-refractivity contribution is 5.76. The van der Waals surface area contributed by atoms with Gasteiger partial charge in [-0.1, -0.05) is 340 Å². The predicted molar refractivity (Wildman–Crippen MR) is 347 cm³/mol. The average Bonchev–Trinajstić information content (AvgIpc) is 3.45. The number of carbonyl (C=O) groups is 2. The van der Waals surface area contributed by atoms with Crippen LogP contribution in [0.25, 0.3) is 0 Å². The lowest BCUT2D eigenvalue weighted by atomic mass is 10.0. The van der Waals surface area contributed by atoms with E-state index < -0.39 is 12.1 Å². The summed E-state index contributed by atoms with van der Waals surface area (Å²) in [5, 5.41) is 23.3. The van der Waals surface area contributed by atoms with Gasteiger partial charge in [0, 0.05) is 12.8 Å². The van der Waals surface area contributed by atoms with E-state index in [9.17, 15) is 19.8 Å². The fourth-order valence-electron chi connectivity index (χ4n) is 11.5. The van der Waals surface area contributed by atoms with Crippen LogP contribution in [-0.4, -0.2) is 47.4 Å². The van der Waals surface area contributed by atoms with Gasteiger partial charge in [-0.2, -0.15) is 0 Å². The van der Waals surface area contributed by atoms with Crippen LogP contribution >= 0.6 is 0 Å². The molecule has 0 aliphatic heterocycles. The largest absolute Gasteiger partial charge is 0.466 e. The molecule has 0 aromatic rings. The van der Waals surface area contributed by atoms with E-state index in [1.54, 1.807) is 0 Å². The molecule has 0 heterocycles. The van der Waals surface area contributed by atoms with Gasteiger partial charge in [-0.3, -0.25) is 9.59 Å². The van der Waals surface area contributed by atoms with Crippen LogP contribution in [0.3, 0.4) is 0 Å². The van der Waals surface area contributed by atoms with Crippen molar-refractivity contribution in [3.8, 4) is 0 Å². The van der Waals surface area contributed by atoms with E-state index in [1.165, 1.54) is 334 Å². The number of ether oxygens (including phenoxy) is 1. The molecule has 0 aliphatic carbocycles. The fraction of sp³-hybridized carbons (Fsp3) is 0.918. The maximum atomic E-state index is 12.5. The summed E-state index contributed by atoms with van der Waals surface area (Å²) < 4.78 is 5.51. The summed E-state index contributed by atoms with van der Waals surface area (Å²) in [5.41, 5.74) is 0. The molecule has 1 amide bonds. The third-order valence-corrected chi connectivity index (χ3v) is 17.0. The first-order chi connectivity index (χ1) is 39.0. The number of carbonyl (C=O) groups excluding carboxylic acids is 2. The number of nitrogens with one attached hydrogen (secondary N) is 1. The summed E-state index contributed by atoms with van der Waals surface area (Å²) >= 11 is 0. The Morgan fingerprint density at radius 2 is 0.595 bits per heavy atom. The van der Waals surface area contributed by atoms with Crippen LogP contribution in [0.1, 0.15) is 406 Å². The van der Waals surface area contributed by atoms with Crippen molar-refractivity contribution in [2.24, 2.45) is 0 Å². The van der Waals surface area contributed by atoms with Crippen LogP contribution in [0.2, 0.25) is 0 Å². The minimum absolute atomic E-state index is 0.0162. The molecule has 0 saturated carbocycles. The lowest BCUT2D eigenvalue weighted by Gasteiger charge is -2.22. The number of aliphatic hydroxyl groups excluding tert-OH is 2. The quantitative estimate of drug-likeness (QED) is 0.0320. The Labute approximate surface area is 494 Å². The molecule has 79 heavy (non-hydrogen) atoms. The van der Waals surface area contributed by atoms with Crippen LogP contribution < -0.4 is 5.32 Å². The lowest BCUT2D eigenvalue weighted by Crippen LogP contribution is -2.45. The van der Waals surface area contributed by atoms with Crippen molar-refractivity contribution in [1.29, 1.82) is 0 Å². The number of unbranched alkanes of at least 4 members (excludes halogenated alkanes) is 53. The summed E-state index contributed by atoms with van der Waals surface area (Å²) in [6, 6.07) is -0.541. The van der Waals surface area contributed by atoms with Crippen molar-refractivity contribution < 1.29 is 24.5 Å². The summed E-state index contributed by atoms with van der Waals surface area (Å²) in [5.74, 6) is -0.0158. The lowest BCUT2D eigenvalue weighted by molar-refractivity contribution is -0.143. The Balaban J connectivity index is 3.35. The van der Waals surface area contributed by atoms with Crippen LogP contribution in [0.5, 0.6) is 0 Å². The molecule has 468 valence electrons. The third kappa shape index (κ3) is 65.4. The van der Waals surface area contributed by atoms with Gasteiger partial charge >= 0.3 is 5.97 Å². The molecule has 0 saturated heterocycles. The minimum atomic E-state index is -0.664. The van der Waals surface area contributed by atoms with Crippen molar-refractivity contribution in [2.45, 2.75) is 418 Å². The summed E-state index contributed by atoms with van der Waals surface area (Å²) in [6.45, 7) is 4.98. The van der Waals surface area contributed by atoms with Gasteiger partial charge < -0.3 is 20.3 Å². The first kappa shape index (κ1) is 77.3. The molecule has 2 atom stereocenters. The SMILES string of the molecule is CCCCCCCC/C=C\CCCCCCCCCCCC(=O)OCCCCCCCCCCCCCC/C=C\CCCCCCCCCCCCCCC(=O)NC(CO)C(O)CCCCCCCCCCCCCCCCC. The van der Waals surface area contributed by atoms with Crippen LogP contribution in [0.15, 0.2) is 24.3 Å². The highest BCUT2D eigenvalue weighted by Gasteiger charge is 2.20. The maximum Gasteiger partial charge on any atom is 0.305 e. The van der Waals surface area contributed by atoms with E-state index in [2.05, 4.69) is 43.5 Å². The van der Waals surface area contributed by atoms with Gasteiger partial charge in [0.2, 0.25) is 5.91 Å². The smallest absolute Gasteiger partial charge is 0.305 e. The van der Waals surface area contributed by atoms with E-state index in [0.29, 0.717) is 25.9 Å². The van der Waals surface area contributed by atoms with Crippen LogP contribution in [-0.2, 0) is 14.3 Å². The second-order valence-corrected chi connectivity index (χ2v) is 24.9. The third-order valence-electron chi connectivity index (χ3n) is 17.0. The van der Waals surface area contributed by atoms with Crippen molar-refractivity contribution in [3.05, 3.63) is 24.3 Å². The first-order valence-corrected chi connectivity index (χ1v) is 36.1. The monoisotopic (exact) mass is 1110 g/mol. The zero-order valence-corrected chi connectivity index (χ0v) is 53.6. The molecule has 0 aromatic carbocycles. The zero-order valence-electron chi connectivity index (χ0n) is 53.6. The second kappa shape index (κ2) is 68.8. The minimum Gasteiger partial charge on any atom is -0.466 e. The van der Waals surface area contributed by atoms with E-state index in [4.69, 9.17) is 4.74 Å². The number of allylic oxidation sites excluding steroid dienone is 4. The Bertz CT molecular complexity index is 1230. The Morgan fingerprint density at radius 3 is 0.899 bits per heavy atom. The van der Waals surface area contributed by atoms with E-state index in [1.807, 2.05) is 0 Å². The molecule has 0 bridgehead atoms. The Kier molecular flexibility index (Phi) is 67.4. The highest BCUT2D eigenvalue weighted by Crippen LogP contribution is 2.19. The van der Waals surface area contributed by atoms with Gasteiger partial charge in [-0.05, 0) is 77.0 Å². The van der Waals surface area contributed by atoms with Gasteiger partial charge in [-0.25, -0.2) is 0 Å². The molecule has 0 aromatic heterocycles. The van der Waals surface area contributed by atoms with Gasteiger partial charge in [0.1, 0.15) is 0 Å². The summed E-state index contributed by atoms with van der Waals surface area (Å²) in [4.78, 5) is 24.6. The van der Waals surface area contributed by atoms with Crippen molar-refractivity contribution in [3.63, 3.8) is 0 Å². The Morgan fingerprint density at radius 1 is 0.342 bits per heavy atom. The summed E-state index contributed by atoms with van der Waals surface area (Å²) in [6.07, 6.45) is 86.6. The van der Waals surface area contributed by atoms with Crippen molar-refractivity contribution in [2.75, 3.05) is 13.2 Å². The topological polar surface area (TPSA) is 95.9 Å². The van der Waals surface area contributed by atoms with Crippen molar-refractivity contribution >= 4 is 11.9 Å². The predicted octanol–water partition coefficient (Wildman–Crippen LogP) is 23.3. The standard InChI is InChI=1S/C73H141NO5/c1-3-5-7-9-11-13-15-17-19-20-31-35-39-43-47-51-55-59-63-67-73(78)79-68-64-60-56-52-48-44-40-36-33-30-28-26-24-22-21-23-25-27-29-32-34-38-42-46-50-54-58-62-66-72(77)74-70(69-75)71(76)65-61-57-53-49-45-41-37-18-16-14-12-10-8-6-4-2/h17,19,21-22,70-71,75-76H,3-16,18,20,23-69H2,1-2H3,(H,74,77)/b19-17-,22-21-. The van der Waals surface area contributed by atoms with Gasteiger partial charge in [0.05, 0.1) is 25.4 Å². The molecule has 0 spiro atoms. The fourth-order valence-corrected chi connectivity index (χ4v) is 11.5. The zero-order chi connectivity index (χ0) is 57.1. The van der Waals surface area contributed by atoms with Crippen LogP contribution in [0, 0.1) is 0 Å². The van der Waals surface area contributed by atoms with E-state index >= 15 is 0 Å². The second-order valence-electron chi connectivity index (χ2n) is 24.9. The van der Waals surface area contributed by atoms with E-state index in [-0.39, 0.29) is 18.5 Å². The molecule has 3 N–H and O–H groups in total. The molecule has 6 nitrogen and oxygen atoms in total. The van der Waals surface area contributed by atoms with Crippen molar-refractivity contribution in [1.82, 2.24) is 5.32 Å². The van der Waals surface area contributed by atoms with Gasteiger partial charge in [0.15, 0.2) is 0 Å². The van der Waals surface area contributed by atoms with Gasteiger partial charge in [0.25, 0.3) is 0 Å². The number of hydrogen-bond acceptors (Lipinski definition) is 5. The molecule has 0 fully saturated rings. The number of amides is 1. The number of rotatable bonds is 68. The molecule has 0 radical (unpaired) electrons. The number of aliphatic hydroxyl groups is 2. The maximum absolute atomic E-state index is 12.5. The molecule has 0 rings (SSSR count). The average molecular weight is 1110 g/mol. The number of hydrogen-bond donors (Lipinski definition) is 3. The first-order valence-electron chi connectivity index (χ1n) is 36.1. The normalized spacial score (nSPS) is 12.6. The van der Waals surface area contributed by atoms with Gasteiger partial charge in [-0.15, -0.1) is 0 Å². The van der Waals surface area contributed by atoms with E-state index in [0.717, 1.165) is 38.5 Å². The molecule has 6 heteroatoms. The molecular formula is C73H141NO5. The highest BCUT2D eigenvalue weighted by atomic mass is 16.5. The molecule has 0 aliphatic rings. The molecular weight excluding hydrogens is 971 g/mol. The summed E-state index contributed by atoms with van der Waals surface area (Å²) in [7, 11) is 0. The molecule has 2 unspecified atom stereocenters. The number of esters is 1. The Hall–Kier alpha value is -1.66.